The van der Waals surface area contributed by atoms with E-state index in [1.165, 1.54) is 35.7 Å². The number of hydrogen-bond acceptors (Lipinski definition) is 5. The number of anilines is 1. The Hall–Kier alpha value is -1.77. The fourth-order valence-electron chi connectivity index (χ4n) is 2.11. The van der Waals surface area contributed by atoms with Crippen LogP contribution in [0.15, 0.2) is 29.3 Å². The molecule has 0 saturated heterocycles. The van der Waals surface area contributed by atoms with Gasteiger partial charge in [0.1, 0.15) is 0 Å². The number of carbonyl (C=O) groups excluding carboxylic acids is 1. The van der Waals surface area contributed by atoms with Crippen LogP contribution in [-0.4, -0.2) is 30.7 Å². The molecule has 2 rings (SSSR count). The molecule has 2 aromatic rings. The smallest absolute Gasteiger partial charge is 0.243 e. The van der Waals surface area contributed by atoms with Crippen LogP contribution in [0.2, 0.25) is 0 Å². The average Bonchev–Trinajstić information content (AvgIpc) is 2.85. The van der Waals surface area contributed by atoms with Gasteiger partial charge in [0, 0.05) is 37.3 Å². The molecular formula is C15H19N3O3S2. The summed E-state index contributed by atoms with van der Waals surface area (Å²) in [5.74, 6) is -0.245. The molecule has 1 heterocycles. The quantitative estimate of drug-likeness (QED) is 0.896. The van der Waals surface area contributed by atoms with Crippen molar-refractivity contribution in [3.8, 4) is 0 Å². The topological polar surface area (TPSA) is 79.4 Å². The van der Waals surface area contributed by atoms with Gasteiger partial charge in [-0.25, -0.2) is 13.4 Å². The summed E-state index contributed by atoms with van der Waals surface area (Å²) in [5, 5.41) is 3.50. The number of benzene rings is 1. The van der Waals surface area contributed by atoms with Crippen LogP contribution in [0.1, 0.15) is 22.4 Å². The standard InChI is InChI=1S/C15H19N3O3S2/c1-10-5-6-13(17-11(2)19)7-15(10)23(20,21)18(4)9-14-8-16-12(3)22-14/h5-8H,9H2,1-4H3,(H,17,19). The third-order valence-electron chi connectivity index (χ3n) is 3.24. The monoisotopic (exact) mass is 353 g/mol. The van der Waals surface area contributed by atoms with Gasteiger partial charge >= 0.3 is 0 Å². The van der Waals surface area contributed by atoms with Crippen LogP contribution >= 0.6 is 11.3 Å². The van der Waals surface area contributed by atoms with Crippen molar-refractivity contribution in [3.05, 3.63) is 39.8 Å². The molecule has 0 saturated carbocycles. The van der Waals surface area contributed by atoms with Gasteiger partial charge in [-0.15, -0.1) is 11.3 Å². The first kappa shape index (κ1) is 17.6. The molecule has 8 heteroatoms. The van der Waals surface area contributed by atoms with E-state index >= 15 is 0 Å². The highest BCUT2D eigenvalue weighted by atomic mass is 32.2. The van der Waals surface area contributed by atoms with Crippen LogP contribution in [0, 0.1) is 13.8 Å². The largest absolute Gasteiger partial charge is 0.326 e. The molecule has 0 fully saturated rings. The Kier molecular flexibility index (Phi) is 5.18. The second-order valence-corrected chi connectivity index (χ2v) is 8.60. The molecule has 0 aliphatic rings. The molecule has 124 valence electrons. The van der Waals surface area contributed by atoms with E-state index in [-0.39, 0.29) is 17.3 Å². The van der Waals surface area contributed by atoms with Gasteiger partial charge in [0.2, 0.25) is 15.9 Å². The Morgan fingerprint density at radius 1 is 1.35 bits per heavy atom. The Labute approximate surface area is 140 Å². The predicted octanol–water partition coefficient (Wildman–Crippen LogP) is 2.54. The molecule has 0 bridgehead atoms. The Morgan fingerprint density at radius 2 is 2.04 bits per heavy atom. The number of thiazole rings is 1. The minimum absolute atomic E-state index is 0.187. The van der Waals surface area contributed by atoms with Gasteiger partial charge in [-0.3, -0.25) is 4.79 Å². The maximum atomic E-state index is 12.8. The van der Waals surface area contributed by atoms with Crippen molar-refractivity contribution in [3.63, 3.8) is 0 Å². The maximum Gasteiger partial charge on any atom is 0.243 e. The van der Waals surface area contributed by atoms with Crippen molar-refractivity contribution >= 4 is 33.0 Å². The summed E-state index contributed by atoms with van der Waals surface area (Å²) in [7, 11) is -2.12. The van der Waals surface area contributed by atoms with E-state index in [9.17, 15) is 13.2 Å². The fraction of sp³-hybridized carbons (Fsp3) is 0.333. The van der Waals surface area contributed by atoms with E-state index in [1.54, 1.807) is 25.3 Å². The SMILES string of the molecule is CC(=O)Nc1ccc(C)c(S(=O)(=O)N(C)Cc2cnc(C)s2)c1. The number of rotatable bonds is 5. The summed E-state index contributed by atoms with van der Waals surface area (Å²) in [6, 6.07) is 4.85. The third kappa shape index (κ3) is 4.15. The molecular weight excluding hydrogens is 334 g/mol. The molecule has 23 heavy (non-hydrogen) atoms. The molecule has 0 aliphatic carbocycles. The summed E-state index contributed by atoms with van der Waals surface area (Å²) in [5.41, 5.74) is 1.09. The van der Waals surface area contributed by atoms with E-state index < -0.39 is 10.0 Å². The number of aromatic nitrogens is 1. The van der Waals surface area contributed by atoms with Crippen molar-refractivity contribution in [1.29, 1.82) is 0 Å². The van der Waals surface area contributed by atoms with Crippen LogP contribution < -0.4 is 5.32 Å². The lowest BCUT2D eigenvalue weighted by molar-refractivity contribution is -0.114. The molecule has 0 radical (unpaired) electrons. The van der Waals surface area contributed by atoms with Crippen molar-refractivity contribution < 1.29 is 13.2 Å². The lowest BCUT2D eigenvalue weighted by Gasteiger charge is -2.18. The van der Waals surface area contributed by atoms with Crippen LogP contribution in [0.4, 0.5) is 5.69 Å². The number of nitrogens with one attached hydrogen (secondary N) is 1. The van der Waals surface area contributed by atoms with Crippen LogP contribution in [0.5, 0.6) is 0 Å². The third-order valence-corrected chi connectivity index (χ3v) is 6.09. The Bertz CT molecular complexity index is 828. The Balaban J connectivity index is 2.32. The van der Waals surface area contributed by atoms with E-state index in [4.69, 9.17) is 0 Å². The number of nitrogens with zero attached hydrogens (tertiary/aromatic N) is 2. The summed E-state index contributed by atoms with van der Waals surface area (Å²) < 4.78 is 26.9. The molecule has 0 atom stereocenters. The van der Waals surface area contributed by atoms with Crippen LogP contribution in [0.25, 0.3) is 0 Å². The minimum atomic E-state index is -3.66. The van der Waals surface area contributed by atoms with Gasteiger partial charge in [-0.05, 0) is 31.5 Å². The Morgan fingerprint density at radius 3 is 2.61 bits per heavy atom. The van der Waals surface area contributed by atoms with Gasteiger partial charge in [0.25, 0.3) is 0 Å². The van der Waals surface area contributed by atoms with Gasteiger partial charge in [0.15, 0.2) is 0 Å². The maximum absolute atomic E-state index is 12.8. The molecule has 0 aliphatic heterocycles. The molecule has 1 aromatic carbocycles. The summed E-state index contributed by atoms with van der Waals surface area (Å²) >= 11 is 1.47. The van der Waals surface area contributed by atoms with Crippen molar-refractivity contribution in [2.75, 3.05) is 12.4 Å². The second kappa shape index (κ2) is 6.77. The summed E-state index contributed by atoms with van der Waals surface area (Å²) in [6.07, 6.45) is 1.69. The van der Waals surface area contributed by atoms with Crippen molar-refractivity contribution in [2.24, 2.45) is 0 Å². The van der Waals surface area contributed by atoms with Gasteiger partial charge in [-0.1, -0.05) is 6.07 Å². The molecule has 0 unspecified atom stereocenters. The summed E-state index contributed by atoms with van der Waals surface area (Å²) in [6.45, 7) is 5.25. The zero-order valence-electron chi connectivity index (χ0n) is 13.5. The average molecular weight is 353 g/mol. The number of aryl methyl sites for hydroxylation is 2. The molecule has 1 aromatic heterocycles. The molecule has 0 spiro atoms. The second-order valence-electron chi connectivity index (χ2n) is 5.27. The number of amides is 1. The van der Waals surface area contributed by atoms with Crippen LogP contribution in [-0.2, 0) is 21.4 Å². The highest BCUT2D eigenvalue weighted by Crippen LogP contribution is 2.25. The first-order valence-corrected chi connectivity index (χ1v) is 9.21. The first-order valence-electron chi connectivity index (χ1n) is 6.96. The lowest BCUT2D eigenvalue weighted by Crippen LogP contribution is -2.27. The van der Waals surface area contributed by atoms with Crippen LogP contribution in [0.3, 0.4) is 0 Å². The normalized spacial score (nSPS) is 11.7. The minimum Gasteiger partial charge on any atom is -0.326 e. The van der Waals surface area contributed by atoms with Gasteiger partial charge in [0.05, 0.1) is 9.90 Å². The zero-order valence-corrected chi connectivity index (χ0v) is 15.1. The van der Waals surface area contributed by atoms with Crippen molar-refractivity contribution in [2.45, 2.75) is 32.2 Å². The fourth-order valence-corrected chi connectivity index (χ4v) is 4.44. The van der Waals surface area contributed by atoms with Crippen molar-refractivity contribution in [1.82, 2.24) is 9.29 Å². The van der Waals surface area contributed by atoms with Gasteiger partial charge in [-0.2, -0.15) is 4.31 Å². The van der Waals surface area contributed by atoms with E-state index in [2.05, 4.69) is 10.3 Å². The van der Waals surface area contributed by atoms with Gasteiger partial charge < -0.3 is 5.32 Å². The molecule has 6 nitrogen and oxygen atoms in total. The molecule has 1 amide bonds. The predicted molar refractivity (Wildman–Crippen MR) is 91.0 cm³/mol. The first-order chi connectivity index (χ1) is 10.7. The number of sulfonamides is 1. The summed E-state index contributed by atoms with van der Waals surface area (Å²) in [4.78, 5) is 16.4. The van der Waals surface area contributed by atoms with E-state index in [0.717, 1.165) is 9.88 Å². The zero-order chi connectivity index (χ0) is 17.2. The molecule has 1 N–H and O–H groups in total. The highest BCUT2D eigenvalue weighted by molar-refractivity contribution is 7.89. The highest BCUT2D eigenvalue weighted by Gasteiger charge is 2.24. The van der Waals surface area contributed by atoms with E-state index in [0.29, 0.717) is 11.3 Å². The lowest BCUT2D eigenvalue weighted by atomic mass is 10.2. The number of carbonyl (C=O) groups is 1. The van der Waals surface area contributed by atoms with E-state index in [1.807, 2.05) is 6.92 Å². The number of hydrogen-bond donors (Lipinski definition) is 1.